The van der Waals surface area contributed by atoms with Crippen molar-refractivity contribution in [3.8, 4) is 0 Å². The molecule has 0 N–H and O–H groups in total. The Morgan fingerprint density at radius 2 is 2.10 bits per heavy atom. The highest BCUT2D eigenvalue weighted by Crippen LogP contribution is 2.45. The molecule has 1 amide bonds. The van der Waals surface area contributed by atoms with E-state index in [1.54, 1.807) is 11.8 Å². The van der Waals surface area contributed by atoms with E-state index in [2.05, 4.69) is 30.3 Å². The van der Waals surface area contributed by atoms with Gasteiger partial charge in [-0.1, -0.05) is 48.2 Å². The van der Waals surface area contributed by atoms with Gasteiger partial charge in [0.15, 0.2) is 5.17 Å². The predicted molar refractivity (Wildman–Crippen MR) is 81.3 cm³/mol. The van der Waals surface area contributed by atoms with Gasteiger partial charge in [0.2, 0.25) is 5.91 Å². The molecule has 1 aromatic carbocycles. The van der Waals surface area contributed by atoms with Crippen molar-refractivity contribution in [1.82, 2.24) is 4.90 Å². The summed E-state index contributed by atoms with van der Waals surface area (Å²) in [6, 6.07) is 10.7. The zero-order valence-corrected chi connectivity index (χ0v) is 12.0. The number of aliphatic imine (C=N–C) groups is 1. The van der Waals surface area contributed by atoms with Gasteiger partial charge in [0, 0.05) is 11.6 Å². The maximum Gasteiger partial charge on any atom is 0.243 e. The van der Waals surface area contributed by atoms with Gasteiger partial charge in [-0.2, -0.15) is 0 Å². The first-order valence-electron chi connectivity index (χ1n) is 7.13. The molecule has 1 aromatic rings. The number of amidine groups is 1. The predicted octanol–water partition coefficient (Wildman–Crippen LogP) is 3.36. The van der Waals surface area contributed by atoms with Gasteiger partial charge in [-0.05, 0) is 24.8 Å². The number of thioether (sulfide) groups is 1. The Morgan fingerprint density at radius 1 is 1.25 bits per heavy atom. The van der Waals surface area contributed by atoms with Crippen molar-refractivity contribution in [3.05, 3.63) is 47.7 Å². The summed E-state index contributed by atoms with van der Waals surface area (Å²) in [5.41, 5.74) is 2.46. The Labute approximate surface area is 122 Å². The zero-order valence-electron chi connectivity index (χ0n) is 11.2. The first-order valence-corrected chi connectivity index (χ1v) is 8.12. The highest BCUT2D eigenvalue weighted by Gasteiger charge is 2.42. The molecule has 1 saturated heterocycles. The molecule has 0 bridgehead atoms. The standard InChI is InChI=1S/C16H16N2OS/c19-14-10-20-16-17-15(11-6-2-1-3-7-11)12-8-4-5-9-13(12)18(14)16/h1-3,6-7,9,12,15H,4-5,8,10H2. The second-order valence-electron chi connectivity index (χ2n) is 5.45. The lowest BCUT2D eigenvalue weighted by Crippen LogP contribution is -2.39. The lowest BCUT2D eigenvalue weighted by Gasteiger charge is -2.38. The topological polar surface area (TPSA) is 32.7 Å². The molecule has 4 heteroatoms. The van der Waals surface area contributed by atoms with Crippen LogP contribution in [0.25, 0.3) is 0 Å². The van der Waals surface area contributed by atoms with E-state index in [-0.39, 0.29) is 11.9 Å². The third-order valence-corrected chi connectivity index (χ3v) is 5.19. The van der Waals surface area contributed by atoms with E-state index in [1.165, 1.54) is 17.7 Å². The molecule has 0 radical (unpaired) electrons. The van der Waals surface area contributed by atoms with Gasteiger partial charge in [0.25, 0.3) is 0 Å². The normalized spacial score (nSPS) is 28.6. The maximum atomic E-state index is 12.1. The smallest absolute Gasteiger partial charge is 0.243 e. The summed E-state index contributed by atoms with van der Waals surface area (Å²) in [7, 11) is 0. The highest BCUT2D eigenvalue weighted by molar-refractivity contribution is 8.15. The zero-order chi connectivity index (χ0) is 13.5. The molecule has 0 spiro atoms. The van der Waals surface area contributed by atoms with Crippen LogP contribution in [0.3, 0.4) is 0 Å². The van der Waals surface area contributed by atoms with E-state index < -0.39 is 0 Å². The van der Waals surface area contributed by atoms with Crippen LogP contribution in [-0.2, 0) is 4.79 Å². The van der Waals surface area contributed by atoms with Crippen LogP contribution in [0.2, 0.25) is 0 Å². The van der Waals surface area contributed by atoms with Crippen molar-refractivity contribution >= 4 is 22.8 Å². The third-order valence-electron chi connectivity index (χ3n) is 4.25. The van der Waals surface area contributed by atoms with Crippen molar-refractivity contribution < 1.29 is 4.79 Å². The van der Waals surface area contributed by atoms with Gasteiger partial charge >= 0.3 is 0 Å². The van der Waals surface area contributed by atoms with Crippen molar-refractivity contribution in [2.45, 2.75) is 25.3 Å². The number of hydrogen-bond acceptors (Lipinski definition) is 3. The first-order chi connectivity index (χ1) is 9.84. The molecule has 0 saturated carbocycles. The molecule has 3 nitrogen and oxygen atoms in total. The summed E-state index contributed by atoms with van der Waals surface area (Å²) in [4.78, 5) is 18.9. The Bertz CT molecular complexity index is 608. The van der Waals surface area contributed by atoms with E-state index in [1.807, 2.05) is 11.0 Å². The Morgan fingerprint density at radius 3 is 2.95 bits per heavy atom. The van der Waals surface area contributed by atoms with Crippen molar-refractivity contribution in [1.29, 1.82) is 0 Å². The quantitative estimate of drug-likeness (QED) is 0.792. The van der Waals surface area contributed by atoms with E-state index in [4.69, 9.17) is 4.99 Å². The van der Waals surface area contributed by atoms with Crippen LogP contribution in [0.5, 0.6) is 0 Å². The molecule has 1 aliphatic carbocycles. The molecule has 2 heterocycles. The molecule has 102 valence electrons. The van der Waals surface area contributed by atoms with Gasteiger partial charge in [0.1, 0.15) is 0 Å². The number of amides is 1. The van der Waals surface area contributed by atoms with Gasteiger partial charge in [-0.15, -0.1) is 0 Å². The molecule has 2 atom stereocenters. The van der Waals surface area contributed by atoms with Crippen molar-refractivity contribution in [2.75, 3.05) is 5.75 Å². The van der Waals surface area contributed by atoms with E-state index >= 15 is 0 Å². The summed E-state index contributed by atoms with van der Waals surface area (Å²) in [6.07, 6.45) is 5.64. The number of carbonyl (C=O) groups excluding carboxylic acids is 1. The summed E-state index contributed by atoms with van der Waals surface area (Å²) in [6.45, 7) is 0. The minimum absolute atomic E-state index is 0.174. The second kappa shape index (κ2) is 4.77. The third kappa shape index (κ3) is 1.82. The lowest BCUT2D eigenvalue weighted by atomic mass is 9.81. The van der Waals surface area contributed by atoms with Crippen LogP contribution in [0.15, 0.2) is 47.1 Å². The van der Waals surface area contributed by atoms with Crippen molar-refractivity contribution in [2.24, 2.45) is 10.9 Å². The minimum Gasteiger partial charge on any atom is -0.273 e. The van der Waals surface area contributed by atoms with E-state index in [0.717, 1.165) is 18.0 Å². The number of carbonyl (C=O) groups is 1. The fourth-order valence-corrected chi connectivity index (χ4v) is 4.25. The van der Waals surface area contributed by atoms with E-state index in [0.29, 0.717) is 11.7 Å². The molecule has 2 aliphatic heterocycles. The summed E-state index contributed by atoms with van der Waals surface area (Å²) in [5.74, 6) is 1.08. The number of rotatable bonds is 1. The fourth-order valence-electron chi connectivity index (χ4n) is 3.34. The fraction of sp³-hybridized carbons (Fsp3) is 0.375. The number of hydrogen-bond donors (Lipinski definition) is 0. The van der Waals surface area contributed by atoms with Crippen LogP contribution < -0.4 is 0 Å². The molecule has 3 aliphatic rings. The Hall–Kier alpha value is -1.55. The molecule has 0 aromatic heterocycles. The maximum absolute atomic E-state index is 12.1. The van der Waals surface area contributed by atoms with Crippen LogP contribution in [0.1, 0.15) is 30.9 Å². The van der Waals surface area contributed by atoms with Gasteiger partial charge in [-0.3, -0.25) is 14.7 Å². The number of fused-ring (bicyclic) bond motifs is 3. The number of allylic oxidation sites excluding steroid dienone is 1. The summed E-state index contributed by atoms with van der Waals surface area (Å²) < 4.78 is 0. The minimum atomic E-state index is 0.174. The van der Waals surface area contributed by atoms with Crippen LogP contribution in [-0.4, -0.2) is 21.7 Å². The monoisotopic (exact) mass is 284 g/mol. The van der Waals surface area contributed by atoms with Crippen molar-refractivity contribution in [3.63, 3.8) is 0 Å². The second-order valence-corrected chi connectivity index (χ2v) is 6.39. The van der Waals surface area contributed by atoms with Gasteiger partial charge < -0.3 is 0 Å². The molecule has 1 fully saturated rings. The Balaban J connectivity index is 1.82. The molecular formula is C16H16N2OS. The lowest BCUT2D eigenvalue weighted by molar-refractivity contribution is -0.123. The first kappa shape index (κ1) is 12.2. The molecule has 2 unspecified atom stereocenters. The SMILES string of the molecule is O=C1CSC2=NC(c3ccccc3)C3CCCC=C3N12. The van der Waals surface area contributed by atoms with Gasteiger partial charge in [-0.25, -0.2) is 0 Å². The van der Waals surface area contributed by atoms with Gasteiger partial charge in [0.05, 0.1) is 11.8 Å². The van der Waals surface area contributed by atoms with Crippen LogP contribution in [0, 0.1) is 5.92 Å². The summed E-state index contributed by atoms with van der Waals surface area (Å²) in [5, 5.41) is 0.897. The molecule has 20 heavy (non-hydrogen) atoms. The molecular weight excluding hydrogens is 268 g/mol. The number of benzene rings is 1. The van der Waals surface area contributed by atoms with E-state index in [9.17, 15) is 4.79 Å². The van der Waals surface area contributed by atoms with Crippen LogP contribution in [0.4, 0.5) is 0 Å². The summed E-state index contributed by atoms with van der Waals surface area (Å²) >= 11 is 1.57. The molecule has 4 rings (SSSR count). The number of nitrogens with zero attached hydrogens (tertiary/aromatic N) is 2. The largest absolute Gasteiger partial charge is 0.273 e. The Kier molecular flexibility index (Phi) is 2.91. The average molecular weight is 284 g/mol. The average Bonchev–Trinajstić information content (AvgIpc) is 2.89. The highest BCUT2D eigenvalue weighted by atomic mass is 32.2. The van der Waals surface area contributed by atoms with Crippen LogP contribution >= 0.6 is 11.8 Å².